The Morgan fingerprint density at radius 3 is 1.90 bits per heavy atom. The van der Waals surface area contributed by atoms with Crippen molar-refractivity contribution in [3.8, 4) is 0 Å². The van der Waals surface area contributed by atoms with Crippen molar-refractivity contribution in [2.24, 2.45) is 40.7 Å². The Morgan fingerprint density at radius 2 is 1.31 bits per heavy atom. The summed E-state index contributed by atoms with van der Waals surface area (Å²) < 4.78 is 55.6. The fourth-order valence-corrected chi connectivity index (χ4v) is 15.4. The number of anilines is 1. The molecule has 25 nitrogen and oxygen atoms in total. The Hall–Kier alpha value is -7.43. The topological polar surface area (TPSA) is 324 Å². The lowest BCUT2D eigenvalue weighted by atomic mass is 9.78. The van der Waals surface area contributed by atoms with Gasteiger partial charge in [0.05, 0.1) is 42.7 Å². The zero-order valence-corrected chi connectivity index (χ0v) is 68.3. The molecule has 2 aromatic carbocycles. The Bertz CT molecular complexity index is 3180. The number of rotatable bonds is 47. The molecule has 0 spiro atoms. The van der Waals surface area contributed by atoms with E-state index in [2.05, 4.69) is 63.3 Å². The van der Waals surface area contributed by atoms with Crippen LogP contribution in [0.3, 0.4) is 0 Å². The number of ether oxygens (including phenoxy) is 2. The molecule has 14 atom stereocenters. The highest BCUT2D eigenvalue weighted by atomic mass is 19.4. The Kier molecular flexibility index (Phi) is 40.0. The number of nitrogens with zero attached hydrogens (tertiary/aromatic N) is 4. The van der Waals surface area contributed by atoms with Crippen LogP contribution >= 0.6 is 0 Å². The van der Waals surface area contributed by atoms with Gasteiger partial charge in [0.2, 0.25) is 53.2 Å². The van der Waals surface area contributed by atoms with Crippen molar-refractivity contribution in [3.63, 3.8) is 0 Å². The van der Waals surface area contributed by atoms with Gasteiger partial charge in [-0.2, -0.15) is 13.2 Å². The number of likely N-dealkylation sites (tertiary alicyclic amines) is 2. The summed E-state index contributed by atoms with van der Waals surface area (Å²) in [4.78, 5) is 145. The van der Waals surface area contributed by atoms with Crippen LogP contribution in [0.15, 0.2) is 54.6 Å². The van der Waals surface area contributed by atoms with Gasteiger partial charge in [-0.3, -0.25) is 53.0 Å². The SMILES string of the molecule is CCCCCCC(C)(C)[C@@H](C(=O)N[C@H](C(=O)N(C)[C@@H]([C@@H](C)CC)[C@@H](CC(=O)N1CCC[C@H]1[C@H](OC)[C@@H](C)C(=O)N[C@@H](Cc1ccccc1)C(=O)NCc1ccc(NC(=O)[C@H](CCCNC(N)=O)NC(=O)[C@@H](NC(=O)CCCN2CC[C@H](C(=O)NC(C)CCCC)C[C@@H]2C(F)(F)F)C(C)C)cc1)OC)C(C)C)N(C)C. The van der Waals surface area contributed by atoms with Crippen molar-refractivity contribution >= 4 is 64.9 Å². The van der Waals surface area contributed by atoms with Gasteiger partial charge in [0.1, 0.15) is 30.2 Å². The first kappa shape index (κ1) is 93.9. The van der Waals surface area contributed by atoms with E-state index in [1.165, 1.54) is 19.1 Å². The van der Waals surface area contributed by atoms with Crippen LogP contribution in [0.1, 0.15) is 210 Å². The number of carbonyl (C=O) groups excluding carboxylic acids is 10. The number of unbranched alkanes of at least 4 members (excludes halogenated alkanes) is 4. The number of methoxy groups -OCH3 is 2. The molecular formula is C81H134F3N13O12. The molecule has 2 heterocycles. The zero-order valence-electron chi connectivity index (χ0n) is 68.3. The molecule has 2 aromatic rings. The number of halogens is 3. The highest BCUT2D eigenvalue weighted by molar-refractivity contribution is 5.98. The minimum absolute atomic E-state index is 0.0111. The van der Waals surface area contributed by atoms with E-state index in [9.17, 15) is 61.1 Å². The number of nitrogens with one attached hydrogen (secondary N) is 8. The van der Waals surface area contributed by atoms with Crippen molar-refractivity contribution in [2.75, 3.05) is 66.9 Å². The molecule has 2 saturated heterocycles. The smallest absolute Gasteiger partial charge is 0.379 e. The number of alkyl halides is 3. The van der Waals surface area contributed by atoms with E-state index in [4.69, 9.17) is 15.2 Å². The summed E-state index contributed by atoms with van der Waals surface area (Å²) in [6.45, 7) is 23.6. The van der Waals surface area contributed by atoms with Crippen LogP contribution < -0.4 is 48.3 Å². The third-order valence-electron chi connectivity index (χ3n) is 21.8. The average molecular weight is 1540 g/mol. The van der Waals surface area contributed by atoms with Crippen LogP contribution in [0.2, 0.25) is 0 Å². The van der Waals surface area contributed by atoms with Crippen molar-refractivity contribution in [1.29, 1.82) is 0 Å². The molecule has 1 unspecified atom stereocenters. The number of nitrogens with two attached hydrogens (primary N) is 1. The highest BCUT2D eigenvalue weighted by Gasteiger charge is 2.49. The minimum atomic E-state index is -4.60. The van der Waals surface area contributed by atoms with E-state index in [0.29, 0.717) is 37.1 Å². The standard InChI is InChI=1S/C81H134F3N13O12/c1-18-21-23-27-42-80(11,12)71(94(13)14)77(105)93-68(52(6)7)78(106)95(15)69(53(8)20-3)63(108-16)49-66(99)97-45-29-35-62(97)70(109-17)55(10)72(100)91-61(47-56-32-25-24-26-33-56)74(102)87-50-57-37-39-59(40-38-57)89-75(103)60(34-28-43-86-79(85)107)90-76(104)67(51(4)5)92-65(98)36-30-44-96-46-41-58(48-64(96)81(82,83)84)73(101)88-54(9)31-22-19-2/h24-26,32-33,37-40,51-55,58,60-64,67-71H,18-23,27-31,34-36,41-50H2,1-17H3,(H,87,102)(H,88,101)(H,89,103)(H,90,104)(H,91,100)(H,92,98)(H,93,105)(H3,85,86,107)/t53-,54?,55+,58-,60-,61-,62-,63+,64+,67-,68-,69-,70+,71+/m0/s1. The number of primary amides is 1. The van der Waals surface area contributed by atoms with E-state index < -0.39 is 126 Å². The Labute approximate surface area is 647 Å². The predicted molar refractivity (Wildman–Crippen MR) is 418 cm³/mol. The number of hydrogen-bond donors (Lipinski definition) is 9. The number of urea groups is 1. The summed E-state index contributed by atoms with van der Waals surface area (Å²) in [7, 11) is 8.53. The highest BCUT2D eigenvalue weighted by Crippen LogP contribution is 2.36. The molecule has 0 saturated carbocycles. The van der Waals surface area contributed by atoms with E-state index in [-0.39, 0.29) is 118 Å². The number of amides is 11. The molecule has 2 fully saturated rings. The zero-order chi connectivity index (χ0) is 81.5. The normalized spacial score (nSPS) is 18.7. The van der Waals surface area contributed by atoms with Gasteiger partial charge in [-0.25, -0.2) is 4.79 Å². The molecule has 0 aromatic heterocycles. The summed E-state index contributed by atoms with van der Waals surface area (Å²) in [6.07, 6.45) is 3.36. The fourth-order valence-electron chi connectivity index (χ4n) is 15.4. The second-order valence-corrected chi connectivity index (χ2v) is 31.9. The molecule has 0 bridgehead atoms. The average Bonchev–Trinajstić information content (AvgIpc) is 1.67. The molecule has 11 amide bonds. The van der Waals surface area contributed by atoms with Gasteiger partial charge in [0, 0.05) is 71.4 Å². The van der Waals surface area contributed by atoms with Crippen molar-refractivity contribution in [2.45, 2.75) is 284 Å². The molecule has 0 aliphatic carbocycles. The first-order valence-electron chi connectivity index (χ1n) is 39.8. The summed E-state index contributed by atoms with van der Waals surface area (Å²) in [6, 6.07) is 7.12. The maximum Gasteiger partial charge on any atom is 0.404 e. The van der Waals surface area contributed by atoms with Crippen molar-refractivity contribution < 1.29 is 70.6 Å². The lowest BCUT2D eigenvalue weighted by Crippen LogP contribution is -2.60. The van der Waals surface area contributed by atoms with E-state index in [0.717, 1.165) is 56.9 Å². The van der Waals surface area contributed by atoms with E-state index >= 15 is 0 Å². The summed E-state index contributed by atoms with van der Waals surface area (Å²) in [5, 5.41) is 22.7. The summed E-state index contributed by atoms with van der Waals surface area (Å²) >= 11 is 0. The summed E-state index contributed by atoms with van der Waals surface area (Å²) in [5.74, 6) is -6.53. The molecule has 28 heteroatoms. The van der Waals surface area contributed by atoms with Crippen LogP contribution in [0, 0.1) is 35.0 Å². The molecule has 2 aliphatic heterocycles. The van der Waals surface area contributed by atoms with Crippen LogP contribution in [0.25, 0.3) is 0 Å². The molecule has 616 valence electrons. The summed E-state index contributed by atoms with van der Waals surface area (Å²) in [5.41, 5.74) is 6.64. The van der Waals surface area contributed by atoms with Gasteiger partial charge in [-0.05, 0) is 138 Å². The quantitative estimate of drug-likeness (QED) is 0.0279. The van der Waals surface area contributed by atoms with Crippen molar-refractivity contribution in [1.82, 2.24) is 56.8 Å². The molecule has 4 rings (SSSR count). The van der Waals surface area contributed by atoms with E-state index in [1.54, 1.807) is 61.9 Å². The second-order valence-electron chi connectivity index (χ2n) is 31.9. The van der Waals surface area contributed by atoms with Crippen molar-refractivity contribution in [3.05, 3.63) is 65.7 Å². The first-order chi connectivity index (χ1) is 51.4. The first-order valence-corrected chi connectivity index (χ1v) is 39.8. The molecule has 2 aliphatic rings. The van der Waals surface area contributed by atoms with Gasteiger partial charge < -0.3 is 67.5 Å². The number of piperidine rings is 1. The molecule has 109 heavy (non-hydrogen) atoms. The van der Waals surface area contributed by atoms with Gasteiger partial charge in [-0.15, -0.1) is 0 Å². The monoisotopic (exact) mass is 1540 g/mol. The number of benzene rings is 2. The van der Waals surface area contributed by atoms with Crippen LogP contribution in [0.4, 0.5) is 23.7 Å². The lowest BCUT2D eigenvalue weighted by molar-refractivity contribution is -0.196. The number of carbonyl (C=O) groups is 10. The maximum atomic E-state index is 14.8. The van der Waals surface area contributed by atoms with E-state index in [1.807, 2.05) is 90.9 Å². The number of hydrogen-bond acceptors (Lipinski definition) is 14. The molecule has 10 N–H and O–H groups in total. The predicted octanol–water partition coefficient (Wildman–Crippen LogP) is 9.15. The number of likely N-dealkylation sites (N-methyl/N-ethyl adjacent to an activating group) is 2. The Balaban J connectivity index is 1.43. The largest absolute Gasteiger partial charge is 0.404 e. The van der Waals surface area contributed by atoms with Crippen LogP contribution in [0.5, 0.6) is 0 Å². The third-order valence-corrected chi connectivity index (χ3v) is 21.8. The molecule has 0 radical (unpaired) electrons. The fraction of sp³-hybridized carbons (Fsp3) is 0.728. The van der Waals surface area contributed by atoms with Gasteiger partial charge >= 0.3 is 12.2 Å². The van der Waals surface area contributed by atoms with Gasteiger partial charge in [0.15, 0.2) is 0 Å². The van der Waals surface area contributed by atoms with Crippen LogP contribution in [-0.4, -0.2) is 213 Å². The Morgan fingerprint density at radius 1 is 0.661 bits per heavy atom. The second kappa shape index (κ2) is 46.4. The van der Waals surface area contributed by atoms with Gasteiger partial charge in [0.25, 0.3) is 0 Å². The minimum Gasteiger partial charge on any atom is -0.379 e. The van der Waals surface area contributed by atoms with Crippen LogP contribution in [-0.2, 0) is 65.6 Å². The third kappa shape index (κ3) is 30.0. The molecular weight excluding hydrogens is 1400 g/mol. The lowest BCUT2D eigenvalue weighted by Gasteiger charge is -2.42. The van der Waals surface area contributed by atoms with Gasteiger partial charge in [-0.1, -0.05) is 164 Å². The maximum absolute atomic E-state index is 14.8.